The first kappa shape index (κ1) is 28.4. The van der Waals surface area contributed by atoms with Crippen LogP contribution in [0.5, 0.6) is 0 Å². The average Bonchev–Trinajstić information content (AvgIpc) is 3.51. The summed E-state index contributed by atoms with van der Waals surface area (Å²) in [6.45, 7) is 3.45. The molecule has 0 bridgehead atoms. The van der Waals surface area contributed by atoms with Crippen molar-refractivity contribution in [2.45, 2.75) is 62.8 Å². The molecule has 38 heavy (non-hydrogen) atoms. The summed E-state index contributed by atoms with van der Waals surface area (Å²) in [5.74, 6) is -2.77. The van der Waals surface area contributed by atoms with E-state index in [1.165, 1.54) is 0 Å². The molecule has 210 valence electrons. The molecule has 15 heteroatoms. The molecular weight excluding hydrogens is 540 g/mol. The molecular formula is C23H28ClF6N7O. The van der Waals surface area contributed by atoms with Gasteiger partial charge >= 0.3 is 12.4 Å². The summed E-state index contributed by atoms with van der Waals surface area (Å²) < 4.78 is 83.4. The zero-order chi connectivity index (χ0) is 26.4. The van der Waals surface area contributed by atoms with Crippen LogP contribution in [0, 0.1) is 0 Å². The first-order valence-electron chi connectivity index (χ1n) is 12.3. The van der Waals surface area contributed by atoms with Crippen molar-refractivity contribution in [3.63, 3.8) is 0 Å². The highest BCUT2D eigenvalue weighted by Gasteiger charge is 2.48. The van der Waals surface area contributed by atoms with Gasteiger partial charge in [0, 0.05) is 44.7 Å². The normalized spacial score (nSPS) is 21.3. The molecule has 0 spiro atoms. The number of piperidine rings is 1. The number of anilines is 2. The molecule has 1 amide bonds. The van der Waals surface area contributed by atoms with E-state index in [-0.39, 0.29) is 48.6 Å². The van der Waals surface area contributed by atoms with E-state index in [1.54, 1.807) is 9.47 Å². The van der Waals surface area contributed by atoms with E-state index in [1.807, 2.05) is 0 Å². The van der Waals surface area contributed by atoms with Crippen molar-refractivity contribution in [2.24, 2.45) is 0 Å². The highest BCUT2D eigenvalue weighted by atomic mass is 35.5. The summed E-state index contributed by atoms with van der Waals surface area (Å²) in [5, 5.41) is 2.40. The van der Waals surface area contributed by atoms with E-state index >= 15 is 0 Å². The lowest BCUT2D eigenvalue weighted by molar-refractivity contribution is -0.156. The molecule has 0 unspecified atom stereocenters. The van der Waals surface area contributed by atoms with Crippen LogP contribution in [0.4, 0.5) is 38.0 Å². The summed E-state index contributed by atoms with van der Waals surface area (Å²) in [5.41, 5.74) is -1.10. The standard InChI is InChI=1S/C23H27F6N7O.ClH/c24-22(25,26)15-11-17(37)33-19-18(15)21(31-13-30-19)35-7-3-14(4-8-35)20-32-16(23(27,28)29)12-36(20)10-9-34-5-1-2-6-34;/h12-15H,1-11H2,(H,30,31,33,37);1H/t15-;/m1./s1. The summed E-state index contributed by atoms with van der Waals surface area (Å²) in [7, 11) is 0. The first-order chi connectivity index (χ1) is 17.5. The van der Waals surface area contributed by atoms with Gasteiger partial charge in [-0.1, -0.05) is 0 Å². The van der Waals surface area contributed by atoms with E-state index in [4.69, 9.17) is 0 Å². The third-order valence-electron chi connectivity index (χ3n) is 7.37. The highest BCUT2D eigenvalue weighted by Crippen LogP contribution is 2.46. The van der Waals surface area contributed by atoms with Gasteiger partial charge in [-0.3, -0.25) is 4.79 Å². The third kappa shape index (κ3) is 5.85. The van der Waals surface area contributed by atoms with Crippen LogP contribution >= 0.6 is 12.4 Å². The SMILES string of the molecule is Cl.O=C1C[C@@H](C(F)(F)F)c2c(ncnc2N2CCC(c3nc(C(F)(F)F)cn3CCN3CCCC3)CC2)N1. The molecule has 1 N–H and O–H groups in total. The zero-order valence-electron chi connectivity index (χ0n) is 20.4. The van der Waals surface area contributed by atoms with Crippen molar-refractivity contribution >= 4 is 29.9 Å². The van der Waals surface area contributed by atoms with Gasteiger partial charge in [0.2, 0.25) is 5.91 Å². The van der Waals surface area contributed by atoms with Crippen LogP contribution in [0.2, 0.25) is 0 Å². The fraction of sp³-hybridized carbons (Fsp3) is 0.652. The maximum atomic E-state index is 13.8. The molecule has 8 nitrogen and oxygen atoms in total. The molecule has 5 rings (SSSR count). The Morgan fingerprint density at radius 1 is 0.974 bits per heavy atom. The number of rotatable bonds is 5. The van der Waals surface area contributed by atoms with Crippen LogP contribution in [0.15, 0.2) is 12.5 Å². The van der Waals surface area contributed by atoms with Crippen molar-refractivity contribution in [2.75, 3.05) is 42.9 Å². The summed E-state index contributed by atoms with van der Waals surface area (Å²) >= 11 is 0. The Kier molecular flexibility index (Phi) is 8.12. The molecule has 3 aliphatic rings. The summed E-state index contributed by atoms with van der Waals surface area (Å²) in [4.78, 5) is 27.7. The van der Waals surface area contributed by atoms with Gasteiger partial charge in [0.25, 0.3) is 0 Å². The van der Waals surface area contributed by atoms with Gasteiger partial charge in [0.1, 0.15) is 23.8 Å². The minimum absolute atomic E-state index is 0. The Morgan fingerprint density at radius 2 is 1.66 bits per heavy atom. The quantitative estimate of drug-likeness (QED) is 0.533. The van der Waals surface area contributed by atoms with Crippen molar-refractivity contribution in [1.29, 1.82) is 0 Å². The molecule has 2 aromatic rings. The largest absolute Gasteiger partial charge is 0.434 e. The second-order valence-electron chi connectivity index (χ2n) is 9.79. The number of fused-ring (bicyclic) bond motifs is 1. The van der Waals surface area contributed by atoms with Crippen LogP contribution in [0.1, 0.15) is 61.0 Å². The maximum absolute atomic E-state index is 13.8. The molecule has 3 aliphatic heterocycles. The molecule has 2 fully saturated rings. The Balaban J connectivity index is 0.00000336. The minimum atomic E-state index is -4.65. The van der Waals surface area contributed by atoms with E-state index < -0.39 is 36.3 Å². The van der Waals surface area contributed by atoms with Crippen LogP contribution in [0.3, 0.4) is 0 Å². The zero-order valence-corrected chi connectivity index (χ0v) is 21.2. The van der Waals surface area contributed by atoms with Crippen LogP contribution < -0.4 is 10.2 Å². The molecule has 2 saturated heterocycles. The number of carbonyl (C=O) groups is 1. The lowest BCUT2D eigenvalue weighted by Gasteiger charge is -2.36. The summed E-state index contributed by atoms with van der Waals surface area (Å²) in [6, 6.07) is 0. The molecule has 1 atom stereocenters. The van der Waals surface area contributed by atoms with Gasteiger partial charge in [-0.2, -0.15) is 26.3 Å². The summed E-state index contributed by atoms with van der Waals surface area (Å²) in [6.07, 6.45) is -4.83. The van der Waals surface area contributed by atoms with Crippen molar-refractivity contribution in [3.05, 3.63) is 29.6 Å². The molecule has 0 aromatic carbocycles. The number of alkyl halides is 6. The highest BCUT2D eigenvalue weighted by molar-refractivity contribution is 5.94. The van der Waals surface area contributed by atoms with Crippen LogP contribution in [-0.2, 0) is 17.5 Å². The number of likely N-dealkylation sites (tertiary alicyclic amines) is 1. The van der Waals surface area contributed by atoms with Gasteiger partial charge in [-0.25, -0.2) is 15.0 Å². The fourth-order valence-corrected chi connectivity index (χ4v) is 5.49. The van der Waals surface area contributed by atoms with Crippen LogP contribution in [-0.4, -0.2) is 69.2 Å². The van der Waals surface area contributed by atoms with Crippen molar-refractivity contribution in [1.82, 2.24) is 24.4 Å². The number of amides is 1. The van der Waals surface area contributed by atoms with Gasteiger partial charge < -0.3 is 19.7 Å². The number of imidazole rings is 1. The number of hydrogen-bond acceptors (Lipinski definition) is 6. The van der Waals surface area contributed by atoms with Gasteiger partial charge in [0.15, 0.2) is 5.69 Å². The number of halogens is 7. The van der Waals surface area contributed by atoms with Gasteiger partial charge in [0.05, 0.1) is 11.5 Å². The van der Waals surface area contributed by atoms with Gasteiger partial charge in [-0.05, 0) is 38.8 Å². The predicted molar refractivity (Wildman–Crippen MR) is 128 cm³/mol. The number of nitrogens with one attached hydrogen (secondary N) is 1. The number of nitrogens with zero attached hydrogens (tertiary/aromatic N) is 6. The molecule has 0 radical (unpaired) electrons. The fourth-order valence-electron chi connectivity index (χ4n) is 5.49. The average molecular weight is 568 g/mol. The van der Waals surface area contributed by atoms with E-state index in [9.17, 15) is 31.1 Å². The molecule has 5 heterocycles. The van der Waals surface area contributed by atoms with Gasteiger partial charge in [-0.15, -0.1) is 12.4 Å². The molecule has 2 aromatic heterocycles. The topological polar surface area (TPSA) is 79.2 Å². The lowest BCUT2D eigenvalue weighted by Crippen LogP contribution is -2.38. The Hall–Kier alpha value is -2.61. The number of aromatic nitrogens is 4. The monoisotopic (exact) mass is 567 g/mol. The second-order valence-corrected chi connectivity index (χ2v) is 9.79. The number of carbonyl (C=O) groups excluding carboxylic acids is 1. The minimum Gasteiger partial charge on any atom is -0.356 e. The van der Waals surface area contributed by atoms with Crippen LogP contribution in [0.25, 0.3) is 0 Å². The Bertz CT molecular complexity index is 1140. The Labute approximate surface area is 221 Å². The molecule has 0 saturated carbocycles. The van der Waals surface area contributed by atoms with Crippen molar-refractivity contribution < 1.29 is 31.1 Å². The molecule has 0 aliphatic carbocycles. The predicted octanol–water partition coefficient (Wildman–Crippen LogP) is 4.58. The van der Waals surface area contributed by atoms with E-state index in [2.05, 4.69) is 25.2 Å². The maximum Gasteiger partial charge on any atom is 0.434 e. The first-order valence-corrected chi connectivity index (χ1v) is 12.3. The van der Waals surface area contributed by atoms with Crippen molar-refractivity contribution in [3.8, 4) is 0 Å². The number of hydrogen-bond donors (Lipinski definition) is 1. The lowest BCUT2D eigenvalue weighted by atomic mass is 9.90. The van der Waals surface area contributed by atoms with E-state index in [0.717, 1.165) is 38.5 Å². The third-order valence-corrected chi connectivity index (χ3v) is 7.37. The Morgan fingerprint density at radius 3 is 2.29 bits per heavy atom. The second kappa shape index (κ2) is 10.9. The van der Waals surface area contributed by atoms with E-state index in [0.29, 0.717) is 31.8 Å². The smallest absolute Gasteiger partial charge is 0.356 e.